The van der Waals surface area contributed by atoms with Gasteiger partial charge >= 0.3 is 0 Å². The molecule has 0 aliphatic rings. The van der Waals surface area contributed by atoms with Gasteiger partial charge in [-0.3, -0.25) is 4.98 Å². The van der Waals surface area contributed by atoms with E-state index in [0.717, 1.165) is 24.3 Å². The molecule has 0 fully saturated rings. The van der Waals surface area contributed by atoms with Crippen molar-refractivity contribution in [2.75, 3.05) is 18.0 Å². The number of nitrogens with zero attached hydrogens (tertiary/aromatic N) is 2. The summed E-state index contributed by atoms with van der Waals surface area (Å²) in [5.74, 6) is 0.703. The van der Waals surface area contributed by atoms with Gasteiger partial charge in [0.1, 0.15) is 0 Å². The first kappa shape index (κ1) is 14.0. The fraction of sp³-hybridized carbons (Fsp3) is 0.643. The zero-order chi connectivity index (χ0) is 12.8. The minimum absolute atomic E-state index is 0.555. The summed E-state index contributed by atoms with van der Waals surface area (Å²) < 4.78 is 0. The van der Waals surface area contributed by atoms with Gasteiger partial charge in [-0.2, -0.15) is 0 Å². The Balaban J connectivity index is 2.97. The highest BCUT2D eigenvalue weighted by Crippen LogP contribution is 2.22. The summed E-state index contributed by atoms with van der Waals surface area (Å²) in [6, 6.07) is 2.15. The van der Waals surface area contributed by atoms with Crippen molar-refractivity contribution in [3.63, 3.8) is 0 Å². The molecule has 0 radical (unpaired) electrons. The second-order valence-corrected chi connectivity index (χ2v) is 4.71. The van der Waals surface area contributed by atoms with Crippen molar-refractivity contribution in [1.29, 1.82) is 0 Å². The number of rotatable bonds is 6. The smallest absolute Gasteiger partial charge is 0.0445 e. The molecule has 1 unspecified atom stereocenters. The van der Waals surface area contributed by atoms with Crippen LogP contribution in [-0.4, -0.2) is 18.1 Å². The number of anilines is 1. The molecule has 1 aromatic rings. The van der Waals surface area contributed by atoms with E-state index in [1.807, 2.05) is 13.1 Å². The molecule has 3 heteroatoms. The van der Waals surface area contributed by atoms with E-state index in [9.17, 15) is 0 Å². The predicted octanol–water partition coefficient (Wildman–Crippen LogP) is 2.72. The molecule has 0 aliphatic heterocycles. The van der Waals surface area contributed by atoms with Gasteiger partial charge in [-0.05, 0) is 25.8 Å². The van der Waals surface area contributed by atoms with E-state index in [-0.39, 0.29) is 0 Å². The highest BCUT2D eigenvalue weighted by Gasteiger charge is 2.12. The minimum atomic E-state index is 0.555. The summed E-state index contributed by atoms with van der Waals surface area (Å²) in [4.78, 5) is 6.73. The quantitative estimate of drug-likeness (QED) is 0.824. The molecule has 0 spiro atoms. The molecule has 1 heterocycles. The Bertz CT molecular complexity index is 349. The predicted molar refractivity (Wildman–Crippen MR) is 74.2 cm³/mol. The monoisotopic (exact) mass is 235 g/mol. The molecule has 96 valence electrons. The van der Waals surface area contributed by atoms with Crippen LogP contribution in [0.5, 0.6) is 0 Å². The van der Waals surface area contributed by atoms with Crippen molar-refractivity contribution in [3.8, 4) is 0 Å². The van der Waals surface area contributed by atoms with Crippen LogP contribution in [-0.2, 0) is 6.54 Å². The topological polar surface area (TPSA) is 42.2 Å². The highest BCUT2D eigenvalue weighted by molar-refractivity contribution is 5.53. The Kier molecular flexibility index (Phi) is 5.42. The molecule has 1 atom stereocenters. The molecular weight excluding hydrogens is 210 g/mol. The van der Waals surface area contributed by atoms with E-state index in [2.05, 4.69) is 36.7 Å². The Hall–Kier alpha value is -1.09. The maximum absolute atomic E-state index is 5.79. The van der Waals surface area contributed by atoms with Gasteiger partial charge in [0.15, 0.2) is 0 Å². The SMILES string of the molecule is CCC(C)CN(CC)c1cc(C)ncc1CN. The van der Waals surface area contributed by atoms with Crippen LogP contribution in [0.1, 0.15) is 38.4 Å². The molecule has 0 saturated carbocycles. The largest absolute Gasteiger partial charge is 0.371 e. The van der Waals surface area contributed by atoms with E-state index >= 15 is 0 Å². The van der Waals surface area contributed by atoms with Gasteiger partial charge in [0.25, 0.3) is 0 Å². The van der Waals surface area contributed by atoms with E-state index in [1.165, 1.54) is 12.1 Å². The first-order valence-electron chi connectivity index (χ1n) is 6.52. The molecule has 1 rings (SSSR count). The van der Waals surface area contributed by atoms with Crippen molar-refractivity contribution >= 4 is 5.69 Å². The van der Waals surface area contributed by atoms with Crippen LogP contribution in [0.4, 0.5) is 5.69 Å². The van der Waals surface area contributed by atoms with Crippen LogP contribution in [0.2, 0.25) is 0 Å². The summed E-state index contributed by atoms with van der Waals surface area (Å²) in [6.07, 6.45) is 3.11. The third-order valence-corrected chi connectivity index (χ3v) is 3.27. The first-order chi connectivity index (χ1) is 8.12. The summed E-state index contributed by atoms with van der Waals surface area (Å²) >= 11 is 0. The standard InChI is InChI=1S/C14H25N3/c1-5-11(3)10-17(6-2)14-7-12(4)16-9-13(14)8-15/h7,9,11H,5-6,8,10,15H2,1-4H3. The number of nitrogens with two attached hydrogens (primary N) is 1. The Labute approximate surface area is 105 Å². The van der Waals surface area contributed by atoms with Crippen LogP contribution < -0.4 is 10.6 Å². The lowest BCUT2D eigenvalue weighted by Gasteiger charge is -2.28. The van der Waals surface area contributed by atoms with E-state index in [0.29, 0.717) is 12.5 Å². The molecule has 0 aromatic carbocycles. The van der Waals surface area contributed by atoms with Gasteiger partial charge in [0, 0.05) is 42.8 Å². The Morgan fingerprint density at radius 2 is 2.12 bits per heavy atom. The second kappa shape index (κ2) is 6.60. The lowest BCUT2D eigenvalue weighted by atomic mass is 10.1. The zero-order valence-electron chi connectivity index (χ0n) is 11.5. The normalized spacial score (nSPS) is 12.5. The van der Waals surface area contributed by atoms with Crippen LogP contribution in [0, 0.1) is 12.8 Å². The van der Waals surface area contributed by atoms with Gasteiger partial charge in [0.05, 0.1) is 0 Å². The molecule has 0 aliphatic carbocycles. The van der Waals surface area contributed by atoms with Crippen LogP contribution >= 0.6 is 0 Å². The van der Waals surface area contributed by atoms with Gasteiger partial charge in [-0.25, -0.2) is 0 Å². The van der Waals surface area contributed by atoms with E-state index < -0.39 is 0 Å². The zero-order valence-corrected chi connectivity index (χ0v) is 11.5. The van der Waals surface area contributed by atoms with Crippen molar-refractivity contribution in [3.05, 3.63) is 23.5 Å². The molecule has 3 nitrogen and oxygen atoms in total. The fourth-order valence-corrected chi connectivity index (χ4v) is 1.93. The summed E-state index contributed by atoms with van der Waals surface area (Å²) in [5.41, 5.74) is 9.24. The van der Waals surface area contributed by atoms with Gasteiger partial charge < -0.3 is 10.6 Å². The number of aryl methyl sites for hydroxylation is 1. The maximum Gasteiger partial charge on any atom is 0.0445 e. The molecular formula is C14H25N3. The number of aromatic nitrogens is 1. The molecule has 0 saturated heterocycles. The molecule has 0 amide bonds. The third-order valence-electron chi connectivity index (χ3n) is 3.27. The lowest BCUT2D eigenvalue weighted by Crippen LogP contribution is -2.29. The summed E-state index contributed by atoms with van der Waals surface area (Å²) in [6.45, 7) is 11.4. The molecule has 0 bridgehead atoms. The summed E-state index contributed by atoms with van der Waals surface area (Å²) in [5, 5.41) is 0. The highest BCUT2D eigenvalue weighted by atomic mass is 15.1. The van der Waals surface area contributed by atoms with Gasteiger partial charge in [-0.15, -0.1) is 0 Å². The summed E-state index contributed by atoms with van der Waals surface area (Å²) in [7, 11) is 0. The van der Waals surface area contributed by atoms with Crippen molar-refractivity contribution in [1.82, 2.24) is 4.98 Å². The average Bonchev–Trinajstić information content (AvgIpc) is 2.35. The molecule has 17 heavy (non-hydrogen) atoms. The third kappa shape index (κ3) is 3.70. The van der Waals surface area contributed by atoms with Crippen molar-refractivity contribution < 1.29 is 0 Å². The Morgan fingerprint density at radius 1 is 1.41 bits per heavy atom. The average molecular weight is 235 g/mol. The second-order valence-electron chi connectivity index (χ2n) is 4.71. The molecule has 1 aromatic heterocycles. The first-order valence-corrected chi connectivity index (χ1v) is 6.52. The van der Waals surface area contributed by atoms with Crippen molar-refractivity contribution in [2.24, 2.45) is 11.7 Å². The van der Waals surface area contributed by atoms with Crippen molar-refractivity contribution in [2.45, 2.75) is 40.7 Å². The van der Waals surface area contributed by atoms with Crippen LogP contribution in [0.15, 0.2) is 12.3 Å². The Morgan fingerprint density at radius 3 is 2.65 bits per heavy atom. The number of hydrogen-bond acceptors (Lipinski definition) is 3. The number of hydrogen-bond donors (Lipinski definition) is 1. The van der Waals surface area contributed by atoms with Crippen LogP contribution in [0.25, 0.3) is 0 Å². The maximum atomic E-state index is 5.79. The van der Waals surface area contributed by atoms with Gasteiger partial charge in [0.2, 0.25) is 0 Å². The van der Waals surface area contributed by atoms with E-state index in [4.69, 9.17) is 5.73 Å². The minimum Gasteiger partial charge on any atom is -0.371 e. The van der Waals surface area contributed by atoms with Crippen LogP contribution in [0.3, 0.4) is 0 Å². The molecule has 2 N–H and O–H groups in total. The van der Waals surface area contributed by atoms with E-state index in [1.54, 1.807) is 0 Å². The van der Waals surface area contributed by atoms with Gasteiger partial charge in [-0.1, -0.05) is 20.3 Å². The lowest BCUT2D eigenvalue weighted by molar-refractivity contribution is 0.547. The number of pyridine rings is 1. The fourth-order valence-electron chi connectivity index (χ4n) is 1.93.